The predicted octanol–water partition coefficient (Wildman–Crippen LogP) is 0.543. The van der Waals surface area contributed by atoms with Gasteiger partial charge >= 0.3 is 0 Å². The van der Waals surface area contributed by atoms with E-state index in [1.54, 1.807) is 0 Å². The second-order valence-corrected chi connectivity index (χ2v) is 6.23. The highest BCUT2D eigenvalue weighted by molar-refractivity contribution is 7.91. The van der Waals surface area contributed by atoms with Crippen LogP contribution >= 0.6 is 0 Å². The first-order chi connectivity index (χ1) is 9.31. The summed E-state index contributed by atoms with van der Waals surface area (Å²) in [4.78, 5) is 11.4. The van der Waals surface area contributed by atoms with E-state index >= 15 is 0 Å². The zero-order valence-corrected chi connectivity index (χ0v) is 11.6. The Morgan fingerprint density at radius 2 is 2.15 bits per heavy atom. The Bertz CT molecular complexity index is 659. The third-order valence-electron chi connectivity index (χ3n) is 2.10. The summed E-state index contributed by atoms with van der Waals surface area (Å²) in [5.74, 6) is 3.18. The molecule has 0 radical (unpaired) electrons. The van der Waals surface area contributed by atoms with Gasteiger partial charge < -0.3 is 10.4 Å². The molecule has 0 aliphatic heterocycles. The van der Waals surface area contributed by atoms with Crippen molar-refractivity contribution >= 4 is 21.4 Å². The van der Waals surface area contributed by atoms with E-state index < -0.39 is 27.3 Å². The molecule has 1 aromatic rings. The average molecular weight is 299 g/mol. The van der Waals surface area contributed by atoms with E-state index in [2.05, 4.69) is 17.2 Å². The molecule has 0 aliphatic carbocycles. The molecule has 0 aromatic heterocycles. The molecule has 7 heteroatoms. The Labute approximate surface area is 116 Å². The first kappa shape index (κ1) is 16.1. The van der Waals surface area contributed by atoms with Crippen LogP contribution in [0.4, 0.5) is 10.1 Å². The molecule has 0 fully saturated rings. The molecule has 0 aliphatic rings. The Morgan fingerprint density at radius 1 is 1.45 bits per heavy atom. The first-order valence-corrected chi connectivity index (χ1v) is 7.75. The van der Waals surface area contributed by atoms with E-state index in [0.29, 0.717) is 0 Å². The van der Waals surface area contributed by atoms with Crippen LogP contribution in [0.5, 0.6) is 0 Å². The Balaban J connectivity index is 2.86. The molecule has 2 N–H and O–H groups in total. The Kier molecular flexibility index (Phi) is 5.67. The highest BCUT2D eigenvalue weighted by atomic mass is 32.2. The van der Waals surface area contributed by atoms with Crippen LogP contribution in [-0.2, 0) is 14.6 Å². The molecule has 0 bridgehead atoms. The minimum Gasteiger partial charge on any atom is -0.395 e. The van der Waals surface area contributed by atoms with Gasteiger partial charge in [0.25, 0.3) is 0 Å². The normalized spacial score (nSPS) is 10.6. The summed E-state index contributed by atoms with van der Waals surface area (Å²) in [7, 11) is -3.42. The van der Waals surface area contributed by atoms with Crippen LogP contribution in [0.3, 0.4) is 0 Å². The molecule has 5 nitrogen and oxygen atoms in total. The molecule has 0 spiro atoms. The van der Waals surface area contributed by atoms with Gasteiger partial charge in [0.05, 0.1) is 12.2 Å². The van der Waals surface area contributed by atoms with Crippen LogP contribution in [0.15, 0.2) is 18.2 Å². The van der Waals surface area contributed by atoms with Crippen LogP contribution in [0.1, 0.15) is 12.0 Å². The minimum atomic E-state index is -3.42. The second kappa shape index (κ2) is 7.03. The first-order valence-electron chi connectivity index (χ1n) is 5.68. The van der Waals surface area contributed by atoms with Crippen molar-refractivity contribution in [1.82, 2.24) is 0 Å². The molecule has 1 amide bonds. The summed E-state index contributed by atoms with van der Waals surface area (Å²) in [5, 5.41) is 10.9. The van der Waals surface area contributed by atoms with Crippen LogP contribution in [0.2, 0.25) is 0 Å². The maximum Gasteiger partial charge on any atom is 0.239 e. The van der Waals surface area contributed by atoms with Crippen LogP contribution in [0.25, 0.3) is 0 Å². The van der Waals surface area contributed by atoms with E-state index in [1.807, 2.05) is 0 Å². The molecule has 20 heavy (non-hydrogen) atoms. The molecular formula is C13H14FNO4S. The van der Waals surface area contributed by atoms with E-state index in [0.717, 1.165) is 12.3 Å². The molecule has 1 aromatic carbocycles. The minimum absolute atomic E-state index is 0.0654. The van der Waals surface area contributed by atoms with Gasteiger partial charge in [0.1, 0.15) is 11.6 Å². The smallest absolute Gasteiger partial charge is 0.239 e. The maximum atomic E-state index is 13.4. The van der Waals surface area contributed by atoms with Crippen molar-refractivity contribution in [3.05, 3.63) is 29.6 Å². The van der Waals surface area contributed by atoms with Crippen molar-refractivity contribution in [2.24, 2.45) is 0 Å². The van der Waals surface area contributed by atoms with Crippen molar-refractivity contribution < 1.29 is 22.7 Å². The highest BCUT2D eigenvalue weighted by Crippen LogP contribution is 2.14. The van der Waals surface area contributed by atoms with Crippen LogP contribution in [0, 0.1) is 17.7 Å². The van der Waals surface area contributed by atoms with E-state index in [9.17, 15) is 17.6 Å². The monoisotopic (exact) mass is 299 g/mol. The number of sulfone groups is 1. The molecule has 108 valence electrons. The number of hydrogen-bond acceptors (Lipinski definition) is 4. The highest BCUT2D eigenvalue weighted by Gasteiger charge is 2.11. The van der Waals surface area contributed by atoms with Crippen molar-refractivity contribution in [3.63, 3.8) is 0 Å². The van der Waals surface area contributed by atoms with Gasteiger partial charge in [-0.3, -0.25) is 4.79 Å². The van der Waals surface area contributed by atoms with Gasteiger partial charge in [-0.1, -0.05) is 11.8 Å². The topological polar surface area (TPSA) is 83.5 Å². The third kappa shape index (κ3) is 5.82. The van der Waals surface area contributed by atoms with Gasteiger partial charge in [0, 0.05) is 18.4 Å². The number of halogens is 1. The molecule has 0 heterocycles. The van der Waals surface area contributed by atoms with Crippen molar-refractivity contribution in [2.75, 3.05) is 23.9 Å². The summed E-state index contributed by atoms with van der Waals surface area (Å²) in [5.41, 5.74) is 0.323. The molecule has 0 unspecified atom stereocenters. The summed E-state index contributed by atoms with van der Waals surface area (Å²) in [6.07, 6.45) is 1.16. The maximum absolute atomic E-state index is 13.4. The number of carbonyl (C=O) groups excluding carboxylic acids is 1. The lowest BCUT2D eigenvalue weighted by molar-refractivity contribution is -0.113. The van der Waals surface area contributed by atoms with E-state index in [-0.39, 0.29) is 24.3 Å². The molecular weight excluding hydrogens is 285 g/mol. The quantitative estimate of drug-likeness (QED) is 0.795. The van der Waals surface area contributed by atoms with Crippen LogP contribution < -0.4 is 5.32 Å². The van der Waals surface area contributed by atoms with E-state index in [1.165, 1.54) is 12.1 Å². The summed E-state index contributed by atoms with van der Waals surface area (Å²) in [6, 6.07) is 3.74. The SMILES string of the molecule is CS(=O)(=O)CC(=O)Nc1ccc(F)c(C#CCCO)c1. The van der Waals surface area contributed by atoms with Gasteiger partial charge in [-0.25, -0.2) is 12.8 Å². The van der Waals surface area contributed by atoms with Gasteiger partial charge in [-0.2, -0.15) is 0 Å². The van der Waals surface area contributed by atoms with Crippen molar-refractivity contribution in [3.8, 4) is 11.8 Å². The number of nitrogens with one attached hydrogen (secondary N) is 1. The Morgan fingerprint density at radius 3 is 2.75 bits per heavy atom. The molecule has 0 saturated carbocycles. The lowest BCUT2D eigenvalue weighted by atomic mass is 10.2. The number of hydrogen-bond donors (Lipinski definition) is 2. The fourth-order valence-corrected chi connectivity index (χ4v) is 1.90. The summed E-state index contributed by atoms with van der Waals surface area (Å²) >= 11 is 0. The zero-order valence-electron chi connectivity index (χ0n) is 10.8. The fourth-order valence-electron chi connectivity index (χ4n) is 1.35. The zero-order chi connectivity index (χ0) is 15.2. The predicted molar refractivity (Wildman–Crippen MR) is 73.3 cm³/mol. The number of carbonyl (C=O) groups is 1. The lowest BCUT2D eigenvalue weighted by Crippen LogP contribution is -2.21. The molecule has 0 atom stereocenters. The van der Waals surface area contributed by atoms with Gasteiger partial charge in [-0.05, 0) is 18.2 Å². The van der Waals surface area contributed by atoms with Gasteiger partial charge in [0.15, 0.2) is 9.84 Å². The fraction of sp³-hybridized carbons (Fsp3) is 0.308. The number of aliphatic hydroxyl groups excluding tert-OH is 1. The average Bonchev–Trinajstić information content (AvgIpc) is 2.31. The summed E-state index contributed by atoms with van der Waals surface area (Å²) < 4.78 is 35.4. The van der Waals surface area contributed by atoms with Gasteiger partial charge in [-0.15, -0.1) is 0 Å². The van der Waals surface area contributed by atoms with Crippen LogP contribution in [-0.4, -0.2) is 38.0 Å². The van der Waals surface area contributed by atoms with Crippen molar-refractivity contribution in [1.29, 1.82) is 0 Å². The van der Waals surface area contributed by atoms with E-state index in [4.69, 9.17) is 5.11 Å². The number of aliphatic hydroxyl groups is 1. The molecule has 0 saturated heterocycles. The standard InChI is InChI=1S/C13H14FNO4S/c1-20(18,19)9-13(17)15-11-5-6-12(14)10(8-11)4-2-3-7-16/h5-6,8,16H,3,7,9H2,1H3,(H,15,17). The lowest BCUT2D eigenvalue weighted by Gasteiger charge is -2.05. The summed E-state index contributed by atoms with van der Waals surface area (Å²) in [6.45, 7) is -0.126. The largest absolute Gasteiger partial charge is 0.395 e. The second-order valence-electron chi connectivity index (χ2n) is 4.09. The van der Waals surface area contributed by atoms with Gasteiger partial charge in [0.2, 0.25) is 5.91 Å². The Hall–Kier alpha value is -1.91. The third-order valence-corrected chi connectivity index (χ3v) is 2.89. The number of amides is 1. The number of rotatable bonds is 4. The van der Waals surface area contributed by atoms with Crippen molar-refractivity contribution in [2.45, 2.75) is 6.42 Å². The number of anilines is 1. The molecule has 1 rings (SSSR count). The number of benzene rings is 1.